The van der Waals surface area contributed by atoms with Crippen LogP contribution in [0.2, 0.25) is 0 Å². The summed E-state index contributed by atoms with van der Waals surface area (Å²) in [4.78, 5) is 0. The molecule has 1 fully saturated rings. The van der Waals surface area contributed by atoms with Gasteiger partial charge in [-0.25, -0.2) is 0 Å². The summed E-state index contributed by atoms with van der Waals surface area (Å²) in [5.74, 6) is 0. The molecule has 1 saturated carbocycles. The van der Waals surface area contributed by atoms with Gasteiger partial charge in [0, 0.05) is 5.25 Å². The molecule has 0 amide bonds. The van der Waals surface area contributed by atoms with Crippen molar-refractivity contribution in [1.82, 2.24) is 0 Å². The van der Waals surface area contributed by atoms with Crippen molar-refractivity contribution < 1.29 is 0 Å². The van der Waals surface area contributed by atoms with E-state index in [2.05, 4.69) is 19.2 Å². The van der Waals surface area contributed by atoms with Gasteiger partial charge in [0.2, 0.25) is 0 Å². The van der Waals surface area contributed by atoms with E-state index in [9.17, 15) is 0 Å². The highest BCUT2D eigenvalue weighted by atomic mass is 32.2. The van der Waals surface area contributed by atoms with E-state index in [0.29, 0.717) is 5.25 Å². The Balaban J connectivity index is 2.52. The van der Waals surface area contributed by atoms with Crippen molar-refractivity contribution in [2.45, 2.75) is 25.0 Å². The molecule has 0 bridgehead atoms. The number of nitrogens with zero attached hydrogens (tertiary/aromatic N) is 1. The Morgan fingerprint density at radius 2 is 2.22 bits per heavy atom. The van der Waals surface area contributed by atoms with Crippen molar-refractivity contribution in [3.63, 3.8) is 0 Å². The molecule has 0 aromatic rings. The summed E-state index contributed by atoms with van der Waals surface area (Å²) in [7, 11) is 0. The van der Waals surface area contributed by atoms with Crippen LogP contribution in [-0.4, -0.2) is 11.5 Å². The molecule has 1 aliphatic rings. The smallest absolute Gasteiger partial charge is 0.0701 e. The van der Waals surface area contributed by atoms with E-state index in [1.165, 1.54) is 0 Å². The average molecular weight is 141 g/mol. The van der Waals surface area contributed by atoms with Gasteiger partial charge in [-0.1, -0.05) is 6.92 Å². The fraction of sp³-hybridized carbons (Fsp3) is 0.857. The van der Waals surface area contributed by atoms with Gasteiger partial charge in [0.1, 0.15) is 0 Å². The Hall–Kier alpha value is -0.160. The zero-order valence-corrected chi connectivity index (χ0v) is 6.66. The third kappa shape index (κ3) is 1.07. The second-order valence-electron chi connectivity index (χ2n) is 2.65. The molecule has 1 atom stereocenters. The zero-order valence-electron chi connectivity index (χ0n) is 5.85. The monoisotopic (exact) mass is 141 g/mol. The van der Waals surface area contributed by atoms with Gasteiger partial charge in [-0.3, -0.25) is 0 Å². The second kappa shape index (κ2) is 2.22. The SMILES string of the molecule is CSC(C)C1(C#N)CC1. The van der Waals surface area contributed by atoms with E-state index in [1.54, 1.807) is 11.8 Å². The Bertz CT molecular complexity index is 143. The van der Waals surface area contributed by atoms with Crippen LogP contribution < -0.4 is 0 Å². The van der Waals surface area contributed by atoms with Gasteiger partial charge in [-0.15, -0.1) is 0 Å². The van der Waals surface area contributed by atoms with Crippen molar-refractivity contribution in [3.8, 4) is 6.07 Å². The van der Waals surface area contributed by atoms with Gasteiger partial charge in [0.05, 0.1) is 11.5 Å². The summed E-state index contributed by atoms with van der Waals surface area (Å²) in [6.45, 7) is 2.14. The zero-order chi connectivity index (χ0) is 6.91. The van der Waals surface area contributed by atoms with Crippen molar-refractivity contribution in [2.24, 2.45) is 5.41 Å². The lowest BCUT2D eigenvalue weighted by molar-refractivity contribution is 0.660. The first-order valence-electron chi connectivity index (χ1n) is 3.19. The second-order valence-corrected chi connectivity index (χ2v) is 3.82. The molecule has 0 aliphatic heterocycles. The van der Waals surface area contributed by atoms with Gasteiger partial charge in [-0.05, 0) is 19.1 Å². The maximum absolute atomic E-state index is 8.69. The first-order chi connectivity index (χ1) is 4.25. The molecular weight excluding hydrogens is 130 g/mol. The number of hydrogen-bond donors (Lipinski definition) is 0. The molecule has 0 saturated heterocycles. The lowest BCUT2D eigenvalue weighted by Crippen LogP contribution is -2.11. The van der Waals surface area contributed by atoms with Gasteiger partial charge in [0.25, 0.3) is 0 Å². The van der Waals surface area contributed by atoms with Crippen LogP contribution in [0.4, 0.5) is 0 Å². The van der Waals surface area contributed by atoms with Crippen LogP contribution in [0.1, 0.15) is 19.8 Å². The standard InChI is InChI=1S/C7H11NS/c1-6(9-2)7(5-8)3-4-7/h6H,3-4H2,1-2H3. The Morgan fingerprint density at radius 1 is 1.67 bits per heavy atom. The third-order valence-electron chi connectivity index (χ3n) is 2.14. The molecule has 0 radical (unpaired) electrons. The van der Waals surface area contributed by atoms with Crippen molar-refractivity contribution >= 4 is 11.8 Å². The highest BCUT2D eigenvalue weighted by molar-refractivity contribution is 7.99. The summed E-state index contributed by atoms with van der Waals surface area (Å²) >= 11 is 1.80. The summed E-state index contributed by atoms with van der Waals surface area (Å²) in [5, 5.41) is 9.22. The predicted octanol–water partition coefficient (Wildman–Crippen LogP) is 2.04. The molecule has 50 valence electrons. The maximum Gasteiger partial charge on any atom is 0.0701 e. The normalized spacial score (nSPS) is 24.6. The van der Waals surface area contributed by atoms with E-state index in [1.807, 2.05) is 0 Å². The van der Waals surface area contributed by atoms with Crippen LogP contribution in [-0.2, 0) is 0 Å². The quantitative estimate of drug-likeness (QED) is 0.587. The fourth-order valence-corrected chi connectivity index (χ4v) is 1.71. The third-order valence-corrected chi connectivity index (χ3v) is 3.30. The maximum atomic E-state index is 8.69. The predicted molar refractivity (Wildman–Crippen MR) is 40.3 cm³/mol. The van der Waals surface area contributed by atoms with E-state index >= 15 is 0 Å². The number of thioether (sulfide) groups is 1. The summed E-state index contributed by atoms with van der Waals surface area (Å²) in [6.07, 6.45) is 4.30. The highest BCUT2D eigenvalue weighted by Crippen LogP contribution is 2.51. The van der Waals surface area contributed by atoms with E-state index in [-0.39, 0.29) is 5.41 Å². The van der Waals surface area contributed by atoms with Crippen LogP contribution in [0.3, 0.4) is 0 Å². The van der Waals surface area contributed by atoms with E-state index in [4.69, 9.17) is 5.26 Å². The number of nitriles is 1. The molecule has 0 spiro atoms. The molecular formula is C7H11NS. The number of hydrogen-bond acceptors (Lipinski definition) is 2. The minimum Gasteiger partial charge on any atom is -0.198 e. The molecule has 0 N–H and O–H groups in total. The van der Waals surface area contributed by atoms with Gasteiger partial charge in [-0.2, -0.15) is 17.0 Å². The minimum absolute atomic E-state index is 0.0689. The molecule has 1 unspecified atom stereocenters. The van der Waals surface area contributed by atoms with Crippen molar-refractivity contribution in [1.29, 1.82) is 5.26 Å². The summed E-state index contributed by atoms with van der Waals surface area (Å²) < 4.78 is 0. The fourth-order valence-electron chi connectivity index (χ4n) is 0.969. The van der Waals surface area contributed by atoms with Gasteiger partial charge in [0.15, 0.2) is 0 Å². The first kappa shape index (κ1) is 6.95. The molecule has 2 heteroatoms. The molecule has 1 aliphatic carbocycles. The van der Waals surface area contributed by atoms with Gasteiger partial charge < -0.3 is 0 Å². The summed E-state index contributed by atoms with van der Waals surface area (Å²) in [5.41, 5.74) is 0.0689. The lowest BCUT2D eigenvalue weighted by atomic mass is 10.1. The Labute approximate surface area is 60.4 Å². The van der Waals surface area contributed by atoms with E-state index < -0.39 is 0 Å². The molecule has 1 nitrogen and oxygen atoms in total. The first-order valence-corrected chi connectivity index (χ1v) is 4.48. The van der Waals surface area contributed by atoms with Crippen molar-refractivity contribution in [3.05, 3.63) is 0 Å². The Morgan fingerprint density at radius 3 is 2.33 bits per heavy atom. The van der Waals surface area contributed by atoms with Crippen LogP contribution in [0.15, 0.2) is 0 Å². The van der Waals surface area contributed by atoms with Crippen LogP contribution in [0, 0.1) is 16.7 Å². The molecule has 0 aromatic carbocycles. The minimum atomic E-state index is 0.0689. The highest BCUT2D eigenvalue weighted by Gasteiger charge is 2.47. The lowest BCUT2D eigenvalue weighted by Gasteiger charge is -2.11. The van der Waals surface area contributed by atoms with Gasteiger partial charge >= 0.3 is 0 Å². The largest absolute Gasteiger partial charge is 0.198 e. The van der Waals surface area contributed by atoms with Crippen molar-refractivity contribution in [2.75, 3.05) is 6.26 Å². The Kier molecular flexibility index (Phi) is 1.72. The average Bonchev–Trinajstić information content (AvgIpc) is 2.66. The van der Waals surface area contributed by atoms with Crippen LogP contribution in [0.25, 0.3) is 0 Å². The van der Waals surface area contributed by atoms with Crippen LogP contribution >= 0.6 is 11.8 Å². The molecule has 0 aromatic heterocycles. The van der Waals surface area contributed by atoms with E-state index in [0.717, 1.165) is 12.8 Å². The molecule has 9 heavy (non-hydrogen) atoms. The summed E-state index contributed by atoms with van der Waals surface area (Å²) in [6, 6.07) is 2.38. The topological polar surface area (TPSA) is 23.8 Å². The molecule has 0 heterocycles. The molecule has 1 rings (SSSR count). The number of rotatable bonds is 2. The van der Waals surface area contributed by atoms with Crippen LogP contribution in [0.5, 0.6) is 0 Å².